The number of nitrogens with zero attached hydrogens (tertiary/aromatic N) is 4. The molecule has 0 saturated heterocycles. The quantitative estimate of drug-likeness (QED) is 0.678. The van der Waals surface area contributed by atoms with Crippen LogP contribution in [0.3, 0.4) is 0 Å². The Morgan fingerprint density at radius 3 is 2.34 bits per heavy atom. The fourth-order valence-electron chi connectivity index (χ4n) is 2.74. The predicted octanol–water partition coefficient (Wildman–Crippen LogP) is 3.45. The number of rotatable bonds is 6. The van der Waals surface area contributed by atoms with Crippen LogP contribution in [-0.2, 0) is 0 Å². The van der Waals surface area contributed by atoms with Gasteiger partial charge in [-0.2, -0.15) is 18.6 Å². The number of aromatic nitrogens is 4. The molecule has 1 N–H and O–H groups in total. The fourth-order valence-corrected chi connectivity index (χ4v) is 2.74. The second-order valence-electron chi connectivity index (χ2n) is 6.23. The van der Waals surface area contributed by atoms with E-state index in [1.807, 2.05) is 19.9 Å². The van der Waals surface area contributed by atoms with Gasteiger partial charge in [-0.15, -0.1) is 0 Å². The van der Waals surface area contributed by atoms with Gasteiger partial charge in [-0.05, 0) is 45.0 Å². The number of aryl methyl sites for hydroxylation is 3. The van der Waals surface area contributed by atoms with Gasteiger partial charge in [0.05, 0.1) is 12.8 Å². The van der Waals surface area contributed by atoms with Crippen molar-refractivity contribution < 1.29 is 23.0 Å². The van der Waals surface area contributed by atoms with Crippen LogP contribution in [0, 0.1) is 20.8 Å². The average Bonchev–Trinajstić information content (AvgIpc) is 3.00. The lowest BCUT2D eigenvalue weighted by Crippen LogP contribution is -2.17. The van der Waals surface area contributed by atoms with E-state index >= 15 is 0 Å². The Morgan fingerprint density at radius 2 is 1.72 bits per heavy atom. The Balaban J connectivity index is 1.92. The van der Waals surface area contributed by atoms with Gasteiger partial charge in [-0.25, -0.2) is 9.97 Å². The van der Waals surface area contributed by atoms with Gasteiger partial charge in [0.1, 0.15) is 5.82 Å². The zero-order valence-electron chi connectivity index (χ0n) is 16.2. The van der Waals surface area contributed by atoms with Crippen molar-refractivity contribution in [2.75, 3.05) is 12.4 Å². The summed E-state index contributed by atoms with van der Waals surface area (Å²) in [6, 6.07) is 7.47. The molecule has 8 nitrogen and oxygen atoms in total. The lowest BCUT2D eigenvalue weighted by atomic mass is 10.2. The van der Waals surface area contributed by atoms with Crippen molar-refractivity contribution >= 4 is 11.7 Å². The first-order valence-corrected chi connectivity index (χ1v) is 8.60. The summed E-state index contributed by atoms with van der Waals surface area (Å²) in [4.78, 5) is 21.4. The van der Waals surface area contributed by atoms with Crippen molar-refractivity contribution in [1.82, 2.24) is 19.7 Å². The van der Waals surface area contributed by atoms with E-state index in [0.29, 0.717) is 17.5 Å². The summed E-state index contributed by atoms with van der Waals surface area (Å²) in [5.74, 6) is -0.0480. The highest BCUT2D eigenvalue weighted by atomic mass is 19.3. The number of alkyl halides is 2. The van der Waals surface area contributed by atoms with Crippen molar-refractivity contribution in [1.29, 1.82) is 0 Å². The van der Waals surface area contributed by atoms with Crippen molar-refractivity contribution in [3.63, 3.8) is 0 Å². The molecule has 0 saturated carbocycles. The third kappa shape index (κ3) is 4.65. The second-order valence-corrected chi connectivity index (χ2v) is 6.23. The van der Waals surface area contributed by atoms with E-state index in [4.69, 9.17) is 4.74 Å². The predicted molar refractivity (Wildman–Crippen MR) is 101 cm³/mol. The van der Waals surface area contributed by atoms with Crippen molar-refractivity contribution in [3.8, 4) is 17.4 Å². The fraction of sp³-hybridized carbons (Fsp3) is 0.263. The number of halogens is 2. The number of hydrogen-bond acceptors (Lipinski definition) is 6. The number of ether oxygens (including phenoxy) is 2. The number of carbonyl (C=O) groups excluding carboxylic acids is 1. The second kappa shape index (κ2) is 8.21. The van der Waals surface area contributed by atoms with Crippen LogP contribution in [0.25, 0.3) is 5.95 Å². The molecule has 0 fully saturated rings. The zero-order chi connectivity index (χ0) is 21.1. The highest BCUT2D eigenvalue weighted by molar-refractivity contribution is 6.04. The van der Waals surface area contributed by atoms with Crippen LogP contribution in [0.1, 0.15) is 27.4 Å². The molecular weight excluding hydrogens is 384 g/mol. The third-order valence-corrected chi connectivity index (χ3v) is 3.87. The maximum atomic E-state index is 12.7. The summed E-state index contributed by atoms with van der Waals surface area (Å²) in [5.41, 5.74) is 2.25. The smallest absolute Gasteiger partial charge is 0.387 e. The number of anilines is 1. The maximum Gasteiger partial charge on any atom is 0.387 e. The van der Waals surface area contributed by atoms with Crippen molar-refractivity contribution in [2.45, 2.75) is 27.4 Å². The van der Waals surface area contributed by atoms with Gasteiger partial charge in [-0.3, -0.25) is 4.79 Å². The lowest BCUT2D eigenvalue weighted by molar-refractivity contribution is -0.0512. The van der Waals surface area contributed by atoms with E-state index in [2.05, 4.69) is 25.1 Å². The molecule has 3 rings (SSSR count). The largest absolute Gasteiger partial charge is 0.493 e. The van der Waals surface area contributed by atoms with E-state index < -0.39 is 12.5 Å². The number of nitrogens with one attached hydrogen (secondary N) is 1. The van der Waals surface area contributed by atoms with Crippen LogP contribution in [0.4, 0.5) is 14.6 Å². The number of carbonyl (C=O) groups is 1. The molecule has 0 radical (unpaired) electrons. The molecule has 1 aromatic carbocycles. The lowest BCUT2D eigenvalue weighted by Gasteiger charge is -2.12. The number of methoxy groups -OCH3 is 1. The van der Waals surface area contributed by atoms with Gasteiger partial charge >= 0.3 is 6.61 Å². The van der Waals surface area contributed by atoms with E-state index in [0.717, 1.165) is 11.4 Å². The third-order valence-electron chi connectivity index (χ3n) is 3.87. The normalized spacial score (nSPS) is 10.9. The average molecular weight is 403 g/mol. The Bertz CT molecular complexity index is 1030. The summed E-state index contributed by atoms with van der Waals surface area (Å²) < 4.78 is 36.1. The molecule has 152 valence electrons. The highest BCUT2D eigenvalue weighted by Crippen LogP contribution is 2.30. The summed E-state index contributed by atoms with van der Waals surface area (Å²) in [7, 11) is 1.32. The molecule has 10 heteroatoms. The summed E-state index contributed by atoms with van der Waals surface area (Å²) in [5, 5.41) is 7.03. The molecule has 29 heavy (non-hydrogen) atoms. The Kier molecular flexibility index (Phi) is 5.71. The first kappa shape index (κ1) is 20.2. The number of benzene rings is 1. The first-order chi connectivity index (χ1) is 13.8. The minimum atomic E-state index is -3.05. The Morgan fingerprint density at radius 1 is 1.03 bits per heavy atom. The van der Waals surface area contributed by atoms with Crippen molar-refractivity contribution in [2.24, 2.45) is 0 Å². The molecule has 0 aliphatic carbocycles. The van der Waals surface area contributed by atoms with E-state index in [1.165, 1.54) is 30.0 Å². The van der Waals surface area contributed by atoms with Crippen LogP contribution < -0.4 is 14.8 Å². The van der Waals surface area contributed by atoms with Crippen LogP contribution in [-0.4, -0.2) is 39.4 Å². The first-order valence-electron chi connectivity index (χ1n) is 8.60. The van der Waals surface area contributed by atoms with Gasteiger partial charge in [0.15, 0.2) is 11.5 Å². The molecule has 0 aliphatic heterocycles. The molecule has 0 spiro atoms. The molecule has 3 aromatic rings. The summed E-state index contributed by atoms with van der Waals surface area (Å²) in [6.45, 7) is 2.37. The monoisotopic (exact) mass is 403 g/mol. The standard InChI is InChI=1S/C19H19F2N5O3/c1-10-7-11(2)23-19(22-10)26-16(8-12(3)25-26)24-17(27)13-5-6-14(28-4)15(9-13)29-18(20)21/h5-9,18H,1-4H3,(H,24,27). The Labute approximate surface area is 165 Å². The topological polar surface area (TPSA) is 91.2 Å². The molecule has 2 heterocycles. The van der Waals surface area contributed by atoms with E-state index in [9.17, 15) is 13.6 Å². The number of hydrogen-bond donors (Lipinski definition) is 1. The van der Waals surface area contributed by atoms with Gasteiger partial charge in [0.2, 0.25) is 0 Å². The Hall–Kier alpha value is -3.56. The molecule has 2 aromatic heterocycles. The van der Waals surface area contributed by atoms with Gasteiger partial charge < -0.3 is 14.8 Å². The van der Waals surface area contributed by atoms with E-state index in [-0.39, 0.29) is 17.1 Å². The van der Waals surface area contributed by atoms with Gasteiger partial charge in [-0.1, -0.05) is 0 Å². The molecule has 0 atom stereocenters. The van der Waals surface area contributed by atoms with Crippen molar-refractivity contribution in [3.05, 3.63) is 53.0 Å². The molecule has 1 amide bonds. The zero-order valence-corrected chi connectivity index (χ0v) is 16.2. The summed E-state index contributed by atoms with van der Waals surface area (Å²) >= 11 is 0. The SMILES string of the molecule is COc1ccc(C(=O)Nc2cc(C)nn2-c2nc(C)cc(C)n2)cc1OC(F)F. The molecule has 0 bridgehead atoms. The van der Waals surface area contributed by atoms with Gasteiger partial charge in [0, 0.05) is 23.0 Å². The van der Waals surface area contributed by atoms with Gasteiger partial charge in [0.25, 0.3) is 11.9 Å². The molecular formula is C19H19F2N5O3. The molecule has 0 unspecified atom stereocenters. The van der Waals surface area contributed by atoms with Crippen LogP contribution in [0.5, 0.6) is 11.5 Å². The maximum absolute atomic E-state index is 12.7. The minimum absolute atomic E-state index is 0.0892. The molecule has 0 aliphatic rings. The van der Waals surface area contributed by atoms with Crippen LogP contribution in [0.15, 0.2) is 30.3 Å². The van der Waals surface area contributed by atoms with Crippen LogP contribution in [0.2, 0.25) is 0 Å². The van der Waals surface area contributed by atoms with E-state index in [1.54, 1.807) is 13.0 Å². The number of amides is 1. The minimum Gasteiger partial charge on any atom is -0.493 e. The summed E-state index contributed by atoms with van der Waals surface area (Å²) in [6.07, 6.45) is 0. The highest BCUT2D eigenvalue weighted by Gasteiger charge is 2.18. The van der Waals surface area contributed by atoms with Crippen LogP contribution >= 0.6 is 0 Å².